The van der Waals surface area contributed by atoms with Crippen LogP contribution in [-0.4, -0.2) is 39.4 Å². The van der Waals surface area contributed by atoms with Crippen LogP contribution in [0.25, 0.3) is 11.3 Å². The van der Waals surface area contributed by atoms with E-state index in [9.17, 15) is 19.7 Å². The first-order chi connectivity index (χ1) is 15.0. The number of nitro benzene ring substituents is 1. The molecule has 2 aromatic carbocycles. The molecule has 9 nitrogen and oxygen atoms in total. The smallest absolute Gasteiger partial charge is 0.340 e. The first-order valence-corrected chi connectivity index (χ1v) is 10.2. The summed E-state index contributed by atoms with van der Waals surface area (Å²) in [4.78, 5) is 34.8. The third-order valence-electron chi connectivity index (χ3n) is 4.04. The fraction of sp³-hybridized carbons (Fsp3) is 0.143. The molecule has 0 unspecified atom stereocenters. The fourth-order valence-corrected chi connectivity index (χ4v) is 3.25. The molecule has 0 bridgehead atoms. The molecule has 3 aromatic rings. The number of amides is 1. The van der Waals surface area contributed by atoms with Gasteiger partial charge in [0.25, 0.3) is 5.69 Å². The average Bonchev–Trinajstić information content (AvgIpc) is 2.78. The lowest BCUT2D eigenvalue weighted by Gasteiger charge is -2.10. The zero-order chi connectivity index (χ0) is 22.2. The molecule has 31 heavy (non-hydrogen) atoms. The van der Waals surface area contributed by atoms with Gasteiger partial charge in [0.2, 0.25) is 5.91 Å². The lowest BCUT2D eigenvalue weighted by molar-refractivity contribution is -0.384. The molecular formula is C21H18N4O5S. The van der Waals surface area contributed by atoms with Crippen molar-refractivity contribution < 1.29 is 19.2 Å². The number of benzene rings is 2. The van der Waals surface area contributed by atoms with Crippen LogP contribution in [-0.2, 0) is 9.53 Å². The van der Waals surface area contributed by atoms with Crippen molar-refractivity contribution in [1.29, 1.82) is 0 Å². The first-order valence-electron chi connectivity index (χ1n) is 9.25. The van der Waals surface area contributed by atoms with E-state index in [1.165, 1.54) is 23.9 Å². The van der Waals surface area contributed by atoms with Crippen LogP contribution in [0.4, 0.5) is 11.4 Å². The predicted octanol–water partition coefficient (Wildman–Crippen LogP) is 3.96. The Morgan fingerprint density at radius 1 is 1.10 bits per heavy atom. The minimum Gasteiger partial charge on any atom is -0.462 e. The highest BCUT2D eigenvalue weighted by atomic mass is 32.2. The van der Waals surface area contributed by atoms with Crippen LogP contribution >= 0.6 is 11.8 Å². The average molecular weight is 438 g/mol. The molecule has 0 radical (unpaired) electrons. The zero-order valence-corrected chi connectivity index (χ0v) is 17.3. The van der Waals surface area contributed by atoms with E-state index in [2.05, 4.69) is 15.5 Å². The molecule has 1 amide bonds. The number of rotatable bonds is 8. The Hall–Kier alpha value is -3.79. The topological polar surface area (TPSA) is 124 Å². The molecule has 1 heterocycles. The Kier molecular flexibility index (Phi) is 7.28. The number of ether oxygens (including phenoxy) is 1. The largest absolute Gasteiger partial charge is 0.462 e. The van der Waals surface area contributed by atoms with Gasteiger partial charge in [0, 0.05) is 17.7 Å². The van der Waals surface area contributed by atoms with Crippen LogP contribution in [0.2, 0.25) is 0 Å². The lowest BCUT2D eigenvalue weighted by atomic mass is 10.1. The second-order valence-electron chi connectivity index (χ2n) is 6.17. The molecule has 1 N–H and O–H groups in total. The van der Waals surface area contributed by atoms with Gasteiger partial charge in [0.1, 0.15) is 5.03 Å². The van der Waals surface area contributed by atoms with Crippen LogP contribution < -0.4 is 5.32 Å². The van der Waals surface area contributed by atoms with E-state index >= 15 is 0 Å². The van der Waals surface area contributed by atoms with E-state index in [1.54, 1.807) is 55.5 Å². The SMILES string of the molecule is CCOC(=O)c1ccccc1NC(=O)CSc1ccc(-c2cccc([N+](=O)[O-])c2)nn1. The Morgan fingerprint density at radius 3 is 2.61 bits per heavy atom. The zero-order valence-electron chi connectivity index (χ0n) is 16.5. The van der Waals surface area contributed by atoms with E-state index in [-0.39, 0.29) is 29.5 Å². The van der Waals surface area contributed by atoms with Crippen LogP contribution in [0.5, 0.6) is 0 Å². The Balaban J connectivity index is 1.61. The number of hydrogen-bond donors (Lipinski definition) is 1. The maximum atomic E-state index is 12.3. The number of anilines is 1. The quantitative estimate of drug-likeness (QED) is 0.242. The summed E-state index contributed by atoms with van der Waals surface area (Å²) in [5, 5.41) is 22.3. The highest BCUT2D eigenvalue weighted by Gasteiger charge is 2.14. The summed E-state index contributed by atoms with van der Waals surface area (Å²) in [7, 11) is 0. The number of hydrogen-bond acceptors (Lipinski definition) is 8. The van der Waals surface area contributed by atoms with Crippen molar-refractivity contribution in [3.63, 3.8) is 0 Å². The van der Waals surface area contributed by atoms with Crippen molar-refractivity contribution in [3.8, 4) is 11.3 Å². The number of esters is 1. The molecule has 158 valence electrons. The summed E-state index contributed by atoms with van der Waals surface area (Å²) in [5.41, 5.74) is 1.69. The van der Waals surface area contributed by atoms with Crippen molar-refractivity contribution in [3.05, 3.63) is 76.3 Å². The number of non-ortho nitro benzene ring substituents is 1. The standard InChI is InChI=1S/C21H18N4O5S/c1-2-30-21(27)16-8-3-4-9-18(16)22-19(26)13-31-20-11-10-17(23-24-20)14-6-5-7-15(12-14)25(28)29/h3-12H,2,13H2,1H3,(H,22,26). The molecular weight excluding hydrogens is 420 g/mol. The third-order valence-corrected chi connectivity index (χ3v) is 4.96. The summed E-state index contributed by atoms with van der Waals surface area (Å²) in [6.07, 6.45) is 0. The molecule has 10 heteroatoms. The molecule has 0 saturated carbocycles. The maximum absolute atomic E-state index is 12.3. The number of thioether (sulfide) groups is 1. The number of nitrogens with zero attached hydrogens (tertiary/aromatic N) is 3. The van der Waals surface area contributed by atoms with Gasteiger partial charge < -0.3 is 10.1 Å². The lowest BCUT2D eigenvalue weighted by Crippen LogP contribution is -2.17. The van der Waals surface area contributed by atoms with Crippen LogP contribution in [0.3, 0.4) is 0 Å². The first kappa shape index (κ1) is 21.9. The number of carbonyl (C=O) groups excluding carboxylic acids is 2. The van der Waals surface area contributed by atoms with Crippen LogP contribution in [0.15, 0.2) is 65.7 Å². The second kappa shape index (κ2) is 10.3. The van der Waals surface area contributed by atoms with Crippen molar-refractivity contribution in [2.24, 2.45) is 0 Å². The van der Waals surface area contributed by atoms with Gasteiger partial charge in [-0.05, 0) is 31.2 Å². The van der Waals surface area contributed by atoms with Crippen LogP contribution in [0.1, 0.15) is 17.3 Å². The van der Waals surface area contributed by atoms with Gasteiger partial charge in [0.15, 0.2) is 0 Å². The number of carbonyl (C=O) groups is 2. The molecule has 0 aliphatic carbocycles. The van der Waals surface area contributed by atoms with Gasteiger partial charge in [0.05, 0.1) is 34.2 Å². The second-order valence-corrected chi connectivity index (χ2v) is 7.16. The minimum absolute atomic E-state index is 0.0301. The number of nitrogens with one attached hydrogen (secondary N) is 1. The van der Waals surface area contributed by atoms with Crippen molar-refractivity contribution >= 4 is 35.0 Å². The van der Waals surface area contributed by atoms with Crippen molar-refractivity contribution in [2.45, 2.75) is 11.9 Å². The summed E-state index contributed by atoms with van der Waals surface area (Å²) < 4.78 is 5.00. The summed E-state index contributed by atoms with van der Waals surface area (Å²) in [5.74, 6) is -0.762. The summed E-state index contributed by atoms with van der Waals surface area (Å²) in [6, 6.07) is 16.1. The van der Waals surface area contributed by atoms with Gasteiger partial charge in [-0.1, -0.05) is 36.0 Å². The Labute approximate surface area is 182 Å². The van der Waals surface area contributed by atoms with Crippen molar-refractivity contribution in [2.75, 3.05) is 17.7 Å². The molecule has 1 aromatic heterocycles. The van der Waals surface area contributed by atoms with E-state index < -0.39 is 10.9 Å². The molecule has 0 aliphatic rings. The van der Waals surface area contributed by atoms with E-state index in [0.717, 1.165) is 0 Å². The Bertz CT molecular complexity index is 1100. The number of nitro groups is 1. The highest BCUT2D eigenvalue weighted by Crippen LogP contribution is 2.24. The minimum atomic E-state index is -0.506. The molecule has 0 atom stereocenters. The van der Waals surface area contributed by atoms with Gasteiger partial charge >= 0.3 is 5.97 Å². The maximum Gasteiger partial charge on any atom is 0.340 e. The van der Waals surface area contributed by atoms with Crippen molar-refractivity contribution in [1.82, 2.24) is 10.2 Å². The summed E-state index contributed by atoms with van der Waals surface area (Å²) >= 11 is 1.17. The molecule has 0 fully saturated rings. The Morgan fingerprint density at radius 2 is 1.90 bits per heavy atom. The normalized spacial score (nSPS) is 10.4. The molecule has 0 saturated heterocycles. The highest BCUT2D eigenvalue weighted by molar-refractivity contribution is 7.99. The van der Waals surface area contributed by atoms with Crippen LogP contribution in [0, 0.1) is 10.1 Å². The van der Waals surface area contributed by atoms with Gasteiger partial charge in [-0.15, -0.1) is 10.2 Å². The molecule has 0 spiro atoms. The third kappa shape index (κ3) is 5.86. The van der Waals surface area contributed by atoms with Gasteiger partial charge in [-0.2, -0.15) is 0 Å². The van der Waals surface area contributed by atoms with E-state index in [0.29, 0.717) is 22.0 Å². The van der Waals surface area contributed by atoms with E-state index in [1.807, 2.05) is 0 Å². The number of para-hydroxylation sites is 1. The fourth-order valence-electron chi connectivity index (χ4n) is 2.63. The van der Waals surface area contributed by atoms with Gasteiger partial charge in [-0.25, -0.2) is 4.79 Å². The monoisotopic (exact) mass is 438 g/mol. The van der Waals surface area contributed by atoms with E-state index in [4.69, 9.17) is 4.74 Å². The molecule has 0 aliphatic heterocycles. The molecule has 3 rings (SSSR count). The predicted molar refractivity (Wildman–Crippen MR) is 116 cm³/mol. The number of aromatic nitrogens is 2. The summed E-state index contributed by atoms with van der Waals surface area (Å²) in [6.45, 7) is 1.95. The van der Waals surface area contributed by atoms with Gasteiger partial charge in [-0.3, -0.25) is 14.9 Å².